The Balaban J connectivity index is 1.45. The molecule has 3 atom stereocenters. The van der Waals surface area contributed by atoms with Crippen molar-refractivity contribution in [2.75, 3.05) is 13.7 Å². The average Bonchev–Trinajstić information content (AvgIpc) is 3.27. The number of rotatable bonds is 5. The molecule has 2 aromatic carbocycles. The second-order valence-corrected chi connectivity index (χ2v) is 8.14. The quantitative estimate of drug-likeness (QED) is 0.565. The largest absolute Gasteiger partial charge is 0.493 e. The fourth-order valence-electron chi connectivity index (χ4n) is 4.39. The molecule has 3 N–H and O–H groups in total. The summed E-state index contributed by atoms with van der Waals surface area (Å²) in [5.41, 5.74) is 7.73. The van der Waals surface area contributed by atoms with Crippen LogP contribution in [0.3, 0.4) is 0 Å². The minimum Gasteiger partial charge on any atom is -0.493 e. The van der Waals surface area contributed by atoms with Crippen LogP contribution >= 0.6 is 0 Å². The molecule has 2 aliphatic rings. The van der Waals surface area contributed by atoms with Crippen LogP contribution in [0, 0.1) is 11.7 Å². The summed E-state index contributed by atoms with van der Waals surface area (Å²) in [5.74, 6) is 0.267. The molecule has 0 radical (unpaired) electrons. The van der Waals surface area contributed by atoms with E-state index in [1.165, 1.54) is 25.3 Å². The van der Waals surface area contributed by atoms with Gasteiger partial charge >= 0.3 is 0 Å². The standard InChI is InChI=1S/C23H24FN5O3/c1-31-20-10-14(24)7-9-19(20)32-23-21(27-16-4-2-3-5-17(16)28-23)22(30)26-15-8-6-13-12-25-29-18(13)11-15/h2-5,7,9-10,13,15,18,25,29H,6,8,11-12H2,1H3,(H,26,30). The first-order chi connectivity index (χ1) is 15.6. The number of fused-ring (bicyclic) bond motifs is 2. The number of nitrogens with one attached hydrogen (secondary N) is 3. The molecule has 3 aromatic rings. The molecule has 1 aliphatic heterocycles. The third-order valence-corrected chi connectivity index (χ3v) is 6.07. The van der Waals surface area contributed by atoms with Crippen LogP contribution in [-0.2, 0) is 0 Å². The number of ether oxygens (including phenoxy) is 2. The van der Waals surface area contributed by atoms with Gasteiger partial charge in [-0.1, -0.05) is 12.1 Å². The Kier molecular flexibility index (Phi) is 5.59. The molecular formula is C23H24FN5O3. The van der Waals surface area contributed by atoms with Crippen LogP contribution in [0.2, 0.25) is 0 Å². The van der Waals surface area contributed by atoms with E-state index < -0.39 is 5.82 Å². The lowest BCUT2D eigenvalue weighted by atomic mass is 9.83. The molecule has 1 aromatic heterocycles. The van der Waals surface area contributed by atoms with Crippen LogP contribution in [0.25, 0.3) is 11.0 Å². The van der Waals surface area contributed by atoms with Gasteiger partial charge in [-0.25, -0.2) is 14.4 Å². The number of halogens is 1. The fourth-order valence-corrected chi connectivity index (χ4v) is 4.39. The van der Waals surface area contributed by atoms with Gasteiger partial charge in [0.05, 0.1) is 18.1 Å². The van der Waals surface area contributed by atoms with Crippen molar-refractivity contribution < 1.29 is 18.7 Å². The summed E-state index contributed by atoms with van der Waals surface area (Å²) in [6, 6.07) is 11.5. The number of para-hydroxylation sites is 2. The predicted octanol–water partition coefficient (Wildman–Crippen LogP) is 2.94. The monoisotopic (exact) mass is 437 g/mol. The van der Waals surface area contributed by atoms with Gasteiger partial charge in [-0.2, -0.15) is 0 Å². The minimum atomic E-state index is -0.456. The molecule has 8 nitrogen and oxygen atoms in total. The molecule has 5 rings (SSSR count). The van der Waals surface area contributed by atoms with Crippen molar-refractivity contribution in [1.82, 2.24) is 26.1 Å². The van der Waals surface area contributed by atoms with E-state index in [1.54, 1.807) is 12.1 Å². The number of carbonyl (C=O) groups excluding carboxylic acids is 1. The Labute approximate surface area is 184 Å². The van der Waals surface area contributed by atoms with Gasteiger partial charge in [-0.05, 0) is 49.4 Å². The molecular weight excluding hydrogens is 413 g/mol. The fraction of sp³-hybridized carbons (Fsp3) is 0.348. The Morgan fingerprint density at radius 1 is 1.12 bits per heavy atom. The zero-order chi connectivity index (χ0) is 22.1. The molecule has 1 saturated heterocycles. The maximum absolute atomic E-state index is 13.6. The highest BCUT2D eigenvalue weighted by Crippen LogP contribution is 2.33. The van der Waals surface area contributed by atoms with Gasteiger partial charge < -0.3 is 14.8 Å². The zero-order valence-corrected chi connectivity index (χ0v) is 17.6. The van der Waals surface area contributed by atoms with Gasteiger partial charge in [0.15, 0.2) is 17.2 Å². The highest BCUT2D eigenvalue weighted by atomic mass is 19.1. The molecule has 166 valence electrons. The van der Waals surface area contributed by atoms with Gasteiger partial charge in [0, 0.05) is 24.7 Å². The Bertz CT molecular complexity index is 1160. The van der Waals surface area contributed by atoms with E-state index in [1.807, 2.05) is 12.1 Å². The van der Waals surface area contributed by atoms with E-state index in [0.29, 0.717) is 23.0 Å². The van der Waals surface area contributed by atoms with Crippen molar-refractivity contribution in [2.45, 2.75) is 31.3 Å². The van der Waals surface area contributed by atoms with E-state index in [2.05, 4.69) is 26.1 Å². The Morgan fingerprint density at radius 2 is 1.94 bits per heavy atom. The van der Waals surface area contributed by atoms with Crippen LogP contribution < -0.4 is 25.6 Å². The van der Waals surface area contributed by atoms with Crippen molar-refractivity contribution in [3.8, 4) is 17.4 Å². The second kappa shape index (κ2) is 8.68. The number of hydrazine groups is 1. The average molecular weight is 437 g/mol. The lowest BCUT2D eigenvalue weighted by Crippen LogP contribution is -2.45. The summed E-state index contributed by atoms with van der Waals surface area (Å²) >= 11 is 0. The maximum Gasteiger partial charge on any atom is 0.275 e. The van der Waals surface area contributed by atoms with Crippen molar-refractivity contribution in [3.63, 3.8) is 0 Å². The second-order valence-electron chi connectivity index (χ2n) is 8.14. The number of carbonyl (C=O) groups is 1. The summed E-state index contributed by atoms with van der Waals surface area (Å²) < 4.78 is 24.8. The molecule has 9 heteroatoms. The number of amides is 1. The topological polar surface area (TPSA) is 97.4 Å². The normalized spacial score (nSPS) is 22.4. The number of methoxy groups -OCH3 is 1. The smallest absolute Gasteiger partial charge is 0.275 e. The number of benzene rings is 2. The van der Waals surface area contributed by atoms with E-state index in [4.69, 9.17) is 9.47 Å². The lowest BCUT2D eigenvalue weighted by molar-refractivity contribution is 0.0911. The molecule has 2 heterocycles. The van der Waals surface area contributed by atoms with Crippen LogP contribution in [0.5, 0.6) is 17.4 Å². The summed E-state index contributed by atoms with van der Waals surface area (Å²) in [7, 11) is 1.42. The molecule has 0 spiro atoms. The van der Waals surface area contributed by atoms with Crippen molar-refractivity contribution in [3.05, 3.63) is 54.0 Å². The number of aromatic nitrogens is 2. The van der Waals surface area contributed by atoms with Crippen LogP contribution in [0.4, 0.5) is 4.39 Å². The summed E-state index contributed by atoms with van der Waals surface area (Å²) in [6.07, 6.45) is 2.78. The Hall–Kier alpha value is -3.30. The van der Waals surface area contributed by atoms with E-state index in [0.717, 1.165) is 25.8 Å². The van der Waals surface area contributed by atoms with E-state index in [-0.39, 0.29) is 35.0 Å². The number of nitrogens with zero attached hydrogens (tertiary/aromatic N) is 2. The highest BCUT2D eigenvalue weighted by molar-refractivity contribution is 5.96. The summed E-state index contributed by atoms with van der Waals surface area (Å²) in [6.45, 7) is 0.957. The van der Waals surface area contributed by atoms with Crippen LogP contribution in [0.1, 0.15) is 29.8 Å². The van der Waals surface area contributed by atoms with Crippen LogP contribution in [-0.4, -0.2) is 41.6 Å². The molecule has 1 aliphatic carbocycles. The number of hydrogen-bond donors (Lipinski definition) is 3. The third-order valence-electron chi connectivity index (χ3n) is 6.07. The predicted molar refractivity (Wildman–Crippen MR) is 116 cm³/mol. The Morgan fingerprint density at radius 3 is 2.75 bits per heavy atom. The van der Waals surface area contributed by atoms with Gasteiger partial charge in [-0.3, -0.25) is 15.6 Å². The van der Waals surface area contributed by atoms with Gasteiger partial charge in [0.1, 0.15) is 5.82 Å². The van der Waals surface area contributed by atoms with Gasteiger partial charge in [0.2, 0.25) is 0 Å². The SMILES string of the molecule is COc1cc(F)ccc1Oc1nc2ccccc2nc1C(=O)NC1CCC2CNNC2C1. The lowest BCUT2D eigenvalue weighted by Gasteiger charge is -2.31. The molecule has 1 amide bonds. The first-order valence-electron chi connectivity index (χ1n) is 10.7. The van der Waals surface area contributed by atoms with E-state index in [9.17, 15) is 9.18 Å². The van der Waals surface area contributed by atoms with Gasteiger partial charge in [0.25, 0.3) is 11.8 Å². The van der Waals surface area contributed by atoms with Crippen molar-refractivity contribution in [1.29, 1.82) is 0 Å². The molecule has 0 bridgehead atoms. The first-order valence-corrected chi connectivity index (χ1v) is 10.7. The summed E-state index contributed by atoms with van der Waals surface area (Å²) in [4.78, 5) is 22.3. The maximum atomic E-state index is 13.6. The molecule has 2 fully saturated rings. The zero-order valence-electron chi connectivity index (χ0n) is 17.6. The van der Waals surface area contributed by atoms with Crippen molar-refractivity contribution >= 4 is 16.9 Å². The molecule has 3 unspecified atom stereocenters. The van der Waals surface area contributed by atoms with Crippen LogP contribution in [0.15, 0.2) is 42.5 Å². The summed E-state index contributed by atoms with van der Waals surface area (Å²) in [5, 5.41) is 3.10. The minimum absolute atomic E-state index is 0.0256. The molecule has 32 heavy (non-hydrogen) atoms. The first kappa shape index (κ1) is 20.6. The number of hydrogen-bond acceptors (Lipinski definition) is 7. The third kappa shape index (κ3) is 4.09. The highest BCUT2D eigenvalue weighted by Gasteiger charge is 2.35. The van der Waals surface area contributed by atoms with E-state index >= 15 is 0 Å². The van der Waals surface area contributed by atoms with Crippen molar-refractivity contribution in [2.24, 2.45) is 5.92 Å². The van der Waals surface area contributed by atoms with Gasteiger partial charge in [-0.15, -0.1) is 0 Å². The molecule has 1 saturated carbocycles.